The molecule has 0 bridgehead atoms. The molecule has 2 aromatic rings. The Morgan fingerprint density at radius 2 is 2.13 bits per heavy atom. The zero-order valence-electron chi connectivity index (χ0n) is 11.4. The van der Waals surface area contributed by atoms with Crippen LogP contribution in [-0.2, 0) is 4.79 Å². The summed E-state index contributed by atoms with van der Waals surface area (Å²) in [5, 5.41) is 15.4. The van der Waals surface area contributed by atoms with E-state index in [2.05, 4.69) is 10.3 Å². The minimum Gasteiger partial charge on any atom is -0.300 e. The fourth-order valence-electron chi connectivity index (χ4n) is 2.20. The summed E-state index contributed by atoms with van der Waals surface area (Å²) >= 11 is 1.18. The van der Waals surface area contributed by atoms with Crippen LogP contribution in [0.2, 0.25) is 0 Å². The molecule has 1 aromatic carbocycles. The van der Waals surface area contributed by atoms with Crippen molar-refractivity contribution in [2.24, 2.45) is 0 Å². The number of fused-ring (bicyclic) bond motifs is 1. The Kier molecular flexibility index (Phi) is 3.58. The highest BCUT2D eigenvalue weighted by molar-refractivity contribution is 7.13. The largest absolute Gasteiger partial charge is 0.300 e. The van der Waals surface area contributed by atoms with Crippen molar-refractivity contribution < 1.29 is 19.3 Å². The number of amides is 3. The molecule has 23 heavy (non-hydrogen) atoms. The van der Waals surface area contributed by atoms with E-state index in [1.165, 1.54) is 29.7 Å². The first-order valence-electron chi connectivity index (χ1n) is 6.32. The SMILES string of the molecule is O=C(CN1C(=O)c2cccc([N+](=O)[O-])c2C1=O)Nc1nccs1. The Hall–Kier alpha value is -3.14. The maximum Gasteiger partial charge on any atom is 0.282 e. The maximum absolute atomic E-state index is 12.3. The number of hydrogen-bond acceptors (Lipinski definition) is 7. The molecule has 0 saturated carbocycles. The Morgan fingerprint density at radius 1 is 1.35 bits per heavy atom. The summed E-state index contributed by atoms with van der Waals surface area (Å²) < 4.78 is 0. The fraction of sp³-hybridized carbons (Fsp3) is 0.0769. The normalized spacial score (nSPS) is 13.1. The number of nitro benzene ring substituents is 1. The monoisotopic (exact) mass is 332 g/mol. The van der Waals surface area contributed by atoms with Crippen LogP contribution in [0.25, 0.3) is 0 Å². The summed E-state index contributed by atoms with van der Waals surface area (Å²) in [5.41, 5.74) is -0.820. The van der Waals surface area contributed by atoms with Crippen molar-refractivity contribution in [2.75, 3.05) is 11.9 Å². The highest BCUT2D eigenvalue weighted by atomic mass is 32.1. The lowest BCUT2D eigenvalue weighted by Gasteiger charge is -2.12. The molecule has 0 spiro atoms. The third-order valence-electron chi connectivity index (χ3n) is 3.15. The molecule has 10 heteroatoms. The van der Waals surface area contributed by atoms with E-state index in [0.717, 1.165) is 6.07 Å². The summed E-state index contributed by atoms with van der Waals surface area (Å²) in [6.45, 7) is -0.539. The van der Waals surface area contributed by atoms with Gasteiger partial charge in [0, 0.05) is 17.6 Å². The molecule has 3 rings (SSSR count). The van der Waals surface area contributed by atoms with Crippen LogP contribution in [0.4, 0.5) is 10.8 Å². The molecule has 1 aliphatic heterocycles. The van der Waals surface area contributed by atoms with Crippen LogP contribution in [0.1, 0.15) is 20.7 Å². The van der Waals surface area contributed by atoms with Gasteiger partial charge in [0.25, 0.3) is 17.5 Å². The molecule has 9 nitrogen and oxygen atoms in total. The van der Waals surface area contributed by atoms with Crippen molar-refractivity contribution in [3.63, 3.8) is 0 Å². The molecule has 3 amide bonds. The van der Waals surface area contributed by atoms with E-state index in [4.69, 9.17) is 0 Å². The van der Waals surface area contributed by atoms with Gasteiger partial charge in [-0.05, 0) is 6.07 Å². The number of aromatic nitrogens is 1. The Bertz CT molecular complexity index is 833. The molecule has 1 aliphatic rings. The lowest BCUT2D eigenvalue weighted by molar-refractivity contribution is -0.385. The van der Waals surface area contributed by atoms with Gasteiger partial charge in [-0.25, -0.2) is 4.98 Å². The predicted molar refractivity (Wildman–Crippen MR) is 79.2 cm³/mol. The quantitative estimate of drug-likeness (QED) is 0.511. The number of hydrogen-bond donors (Lipinski definition) is 1. The smallest absolute Gasteiger partial charge is 0.282 e. The van der Waals surface area contributed by atoms with Crippen molar-refractivity contribution in [1.29, 1.82) is 0 Å². The minimum atomic E-state index is -0.855. The summed E-state index contributed by atoms with van der Waals surface area (Å²) in [6, 6.07) is 3.78. The van der Waals surface area contributed by atoms with E-state index >= 15 is 0 Å². The number of nitrogens with one attached hydrogen (secondary N) is 1. The number of carbonyl (C=O) groups is 3. The van der Waals surface area contributed by atoms with Gasteiger partial charge in [0.1, 0.15) is 12.1 Å². The number of imide groups is 1. The van der Waals surface area contributed by atoms with Crippen LogP contribution in [-0.4, -0.2) is 39.1 Å². The van der Waals surface area contributed by atoms with Gasteiger partial charge in [0.05, 0.1) is 10.5 Å². The average Bonchev–Trinajstić information content (AvgIpc) is 3.10. The topological polar surface area (TPSA) is 123 Å². The molecular formula is C13H8N4O5S. The molecule has 116 valence electrons. The second-order valence-electron chi connectivity index (χ2n) is 4.54. The van der Waals surface area contributed by atoms with E-state index in [0.29, 0.717) is 10.0 Å². The minimum absolute atomic E-state index is 0.0775. The van der Waals surface area contributed by atoms with E-state index in [1.54, 1.807) is 5.38 Å². The molecule has 0 unspecified atom stereocenters. The molecule has 0 fully saturated rings. The van der Waals surface area contributed by atoms with Gasteiger partial charge in [-0.3, -0.25) is 29.4 Å². The van der Waals surface area contributed by atoms with Gasteiger partial charge < -0.3 is 5.32 Å². The van der Waals surface area contributed by atoms with Gasteiger partial charge in [0.15, 0.2) is 5.13 Å². The lowest BCUT2D eigenvalue weighted by Crippen LogP contribution is -2.37. The van der Waals surface area contributed by atoms with E-state index in [9.17, 15) is 24.5 Å². The lowest BCUT2D eigenvalue weighted by atomic mass is 10.1. The molecule has 1 N–H and O–H groups in total. The van der Waals surface area contributed by atoms with Crippen molar-refractivity contribution in [3.8, 4) is 0 Å². The Morgan fingerprint density at radius 3 is 2.78 bits per heavy atom. The van der Waals surface area contributed by atoms with Crippen molar-refractivity contribution >= 4 is 39.9 Å². The van der Waals surface area contributed by atoms with Gasteiger partial charge in [-0.15, -0.1) is 11.3 Å². The molecule has 0 aliphatic carbocycles. The molecule has 2 heterocycles. The summed E-state index contributed by atoms with van der Waals surface area (Å²) in [4.78, 5) is 51.2. The zero-order valence-corrected chi connectivity index (χ0v) is 12.2. The van der Waals surface area contributed by atoms with Gasteiger partial charge in [-0.1, -0.05) is 6.07 Å². The molecular weight excluding hydrogens is 324 g/mol. The van der Waals surface area contributed by atoms with Gasteiger partial charge in [-0.2, -0.15) is 0 Å². The van der Waals surface area contributed by atoms with Gasteiger partial charge >= 0.3 is 0 Å². The predicted octanol–water partition coefficient (Wildman–Crippen LogP) is 1.29. The number of carbonyl (C=O) groups excluding carboxylic acids is 3. The van der Waals surface area contributed by atoms with Crippen LogP contribution in [0.15, 0.2) is 29.8 Å². The van der Waals surface area contributed by atoms with Crippen LogP contribution in [0, 0.1) is 10.1 Å². The Labute approximate surface area is 132 Å². The van der Waals surface area contributed by atoms with Crippen LogP contribution >= 0.6 is 11.3 Å². The summed E-state index contributed by atoms with van der Waals surface area (Å²) in [5.74, 6) is -2.20. The highest BCUT2D eigenvalue weighted by Crippen LogP contribution is 2.30. The number of nitrogens with zero attached hydrogens (tertiary/aromatic N) is 3. The fourth-order valence-corrected chi connectivity index (χ4v) is 2.74. The molecule has 1 aromatic heterocycles. The van der Waals surface area contributed by atoms with Gasteiger partial charge in [0.2, 0.25) is 5.91 Å². The van der Waals surface area contributed by atoms with Crippen LogP contribution in [0.5, 0.6) is 0 Å². The van der Waals surface area contributed by atoms with Crippen molar-refractivity contribution in [1.82, 2.24) is 9.88 Å². The van der Waals surface area contributed by atoms with Crippen LogP contribution in [0.3, 0.4) is 0 Å². The number of benzene rings is 1. The van der Waals surface area contributed by atoms with Crippen molar-refractivity contribution in [2.45, 2.75) is 0 Å². The number of rotatable bonds is 4. The third-order valence-corrected chi connectivity index (χ3v) is 3.84. The first-order valence-corrected chi connectivity index (χ1v) is 7.20. The first kappa shape index (κ1) is 14.8. The zero-order chi connectivity index (χ0) is 16.6. The third kappa shape index (κ3) is 2.55. The summed E-state index contributed by atoms with van der Waals surface area (Å²) in [6.07, 6.45) is 1.49. The Balaban J connectivity index is 1.84. The number of thiazole rings is 1. The van der Waals surface area contributed by atoms with E-state index in [1.807, 2.05) is 0 Å². The standard InChI is InChI=1S/C13H8N4O5S/c18-9(15-13-14-4-5-23-13)6-16-11(19)7-2-1-3-8(17(21)22)10(7)12(16)20/h1-5H,6H2,(H,14,15,18). The number of anilines is 1. The molecule has 0 saturated heterocycles. The highest BCUT2D eigenvalue weighted by Gasteiger charge is 2.41. The molecule has 0 atom stereocenters. The average molecular weight is 332 g/mol. The second-order valence-corrected chi connectivity index (χ2v) is 5.43. The van der Waals surface area contributed by atoms with Crippen molar-refractivity contribution in [3.05, 3.63) is 51.0 Å². The van der Waals surface area contributed by atoms with Crippen LogP contribution < -0.4 is 5.32 Å². The van der Waals surface area contributed by atoms with E-state index in [-0.39, 0.29) is 11.1 Å². The number of nitro groups is 1. The second kappa shape index (κ2) is 5.57. The van der Waals surface area contributed by atoms with E-state index < -0.39 is 34.9 Å². The maximum atomic E-state index is 12.3. The molecule has 0 radical (unpaired) electrons. The first-order chi connectivity index (χ1) is 11.0. The summed E-state index contributed by atoms with van der Waals surface area (Å²) in [7, 11) is 0.